The highest BCUT2D eigenvalue weighted by molar-refractivity contribution is 5.86. The predicted molar refractivity (Wildman–Crippen MR) is 80.4 cm³/mol. The van der Waals surface area contributed by atoms with E-state index in [1.807, 2.05) is 4.90 Å². The van der Waals surface area contributed by atoms with Gasteiger partial charge < -0.3 is 15.4 Å². The molecule has 3 atom stereocenters. The first-order valence-corrected chi connectivity index (χ1v) is 8.25. The molecule has 0 aromatic rings. The fraction of sp³-hybridized carbons (Fsp3) is 0.938. The van der Waals surface area contributed by atoms with Crippen molar-refractivity contribution in [3.63, 3.8) is 0 Å². The second kappa shape index (κ2) is 6.90. The van der Waals surface area contributed by atoms with Crippen LogP contribution >= 0.6 is 0 Å². The molecule has 1 amide bonds. The number of hydrogen-bond donors (Lipinski definition) is 1. The Balaban J connectivity index is 1.93. The van der Waals surface area contributed by atoms with Gasteiger partial charge in [0.1, 0.15) is 0 Å². The van der Waals surface area contributed by atoms with Gasteiger partial charge >= 0.3 is 0 Å². The smallest absolute Gasteiger partial charge is 0.242 e. The molecule has 20 heavy (non-hydrogen) atoms. The number of nitrogens with two attached hydrogens (primary N) is 1. The average molecular weight is 282 g/mol. The summed E-state index contributed by atoms with van der Waals surface area (Å²) in [5.74, 6) is 0.725. The summed E-state index contributed by atoms with van der Waals surface area (Å²) in [5, 5.41) is 0. The third-order valence-electron chi connectivity index (χ3n) is 4.68. The summed E-state index contributed by atoms with van der Waals surface area (Å²) < 4.78 is 5.82. The molecule has 1 saturated heterocycles. The molecule has 2 rings (SSSR count). The van der Waals surface area contributed by atoms with Crippen LogP contribution in [0.3, 0.4) is 0 Å². The number of nitrogens with zero attached hydrogens (tertiary/aromatic N) is 1. The van der Waals surface area contributed by atoms with Crippen molar-refractivity contribution < 1.29 is 9.53 Å². The van der Waals surface area contributed by atoms with E-state index in [9.17, 15) is 4.79 Å². The molecule has 4 nitrogen and oxygen atoms in total. The van der Waals surface area contributed by atoms with E-state index in [0.717, 1.165) is 58.2 Å². The largest absolute Gasteiger partial charge is 0.376 e. The molecule has 0 radical (unpaired) electrons. The Labute approximate surface area is 123 Å². The van der Waals surface area contributed by atoms with Gasteiger partial charge in [-0.25, -0.2) is 0 Å². The lowest BCUT2D eigenvalue weighted by atomic mass is 9.76. The van der Waals surface area contributed by atoms with Crippen molar-refractivity contribution >= 4 is 5.91 Å². The molecule has 4 heteroatoms. The van der Waals surface area contributed by atoms with E-state index in [0.29, 0.717) is 5.92 Å². The van der Waals surface area contributed by atoms with Gasteiger partial charge in [0.25, 0.3) is 0 Å². The number of piperidine rings is 1. The van der Waals surface area contributed by atoms with Crippen LogP contribution in [-0.4, -0.2) is 42.1 Å². The second-order valence-electron chi connectivity index (χ2n) is 6.74. The van der Waals surface area contributed by atoms with Crippen molar-refractivity contribution in [1.29, 1.82) is 0 Å². The Kier molecular flexibility index (Phi) is 5.44. The van der Waals surface area contributed by atoms with Crippen LogP contribution in [0.1, 0.15) is 58.8 Å². The molecular weight excluding hydrogens is 252 g/mol. The van der Waals surface area contributed by atoms with Crippen LogP contribution in [0.2, 0.25) is 0 Å². The van der Waals surface area contributed by atoms with Crippen molar-refractivity contribution in [2.24, 2.45) is 11.7 Å². The van der Waals surface area contributed by atoms with E-state index in [-0.39, 0.29) is 12.0 Å². The maximum absolute atomic E-state index is 12.8. The van der Waals surface area contributed by atoms with Gasteiger partial charge in [-0.05, 0) is 38.0 Å². The van der Waals surface area contributed by atoms with Crippen molar-refractivity contribution in [2.45, 2.75) is 70.4 Å². The minimum atomic E-state index is -0.621. The van der Waals surface area contributed by atoms with Crippen molar-refractivity contribution in [1.82, 2.24) is 4.90 Å². The Morgan fingerprint density at radius 2 is 2.20 bits per heavy atom. The third-order valence-corrected chi connectivity index (χ3v) is 4.68. The molecule has 1 aliphatic heterocycles. The zero-order valence-corrected chi connectivity index (χ0v) is 13.1. The van der Waals surface area contributed by atoms with E-state index in [4.69, 9.17) is 10.5 Å². The molecule has 2 N–H and O–H groups in total. The third kappa shape index (κ3) is 3.73. The van der Waals surface area contributed by atoms with Crippen LogP contribution in [0.4, 0.5) is 0 Å². The molecule has 0 bridgehead atoms. The summed E-state index contributed by atoms with van der Waals surface area (Å²) in [7, 11) is 0. The lowest BCUT2D eigenvalue weighted by Crippen LogP contribution is -2.59. The van der Waals surface area contributed by atoms with Crippen LogP contribution in [0.15, 0.2) is 0 Å². The molecule has 3 unspecified atom stereocenters. The number of likely N-dealkylation sites (tertiary alicyclic amines) is 1. The maximum atomic E-state index is 12.8. The highest BCUT2D eigenvalue weighted by atomic mass is 16.5. The standard InChI is InChI=1S/C16H30N2O2/c1-3-10-20-14-7-5-9-18(12-14)15(19)16(17)8-4-6-13(2)11-16/h13-14H,3-12,17H2,1-2H3. The zero-order chi connectivity index (χ0) is 14.6. The molecule has 116 valence electrons. The van der Waals surface area contributed by atoms with Crippen LogP contribution < -0.4 is 5.73 Å². The van der Waals surface area contributed by atoms with Crippen molar-refractivity contribution in [3.8, 4) is 0 Å². The summed E-state index contributed by atoms with van der Waals surface area (Å²) in [6, 6.07) is 0. The van der Waals surface area contributed by atoms with Gasteiger partial charge in [-0.1, -0.05) is 26.7 Å². The first-order valence-electron chi connectivity index (χ1n) is 8.25. The fourth-order valence-corrected chi connectivity index (χ4v) is 3.64. The summed E-state index contributed by atoms with van der Waals surface area (Å²) in [5.41, 5.74) is 5.82. The summed E-state index contributed by atoms with van der Waals surface area (Å²) in [6.07, 6.45) is 7.29. The van der Waals surface area contributed by atoms with Crippen LogP contribution in [0, 0.1) is 5.92 Å². The fourth-order valence-electron chi connectivity index (χ4n) is 3.64. The average Bonchev–Trinajstić information content (AvgIpc) is 2.44. The molecular formula is C16H30N2O2. The van der Waals surface area contributed by atoms with Gasteiger partial charge in [0, 0.05) is 19.7 Å². The molecule has 2 aliphatic rings. The monoisotopic (exact) mass is 282 g/mol. The minimum absolute atomic E-state index is 0.161. The molecule has 0 aromatic carbocycles. The van der Waals surface area contributed by atoms with Gasteiger partial charge in [0.2, 0.25) is 5.91 Å². The van der Waals surface area contributed by atoms with Gasteiger partial charge in [-0.3, -0.25) is 4.79 Å². The number of rotatable bonds is 4. The Bertz CT molecular complexity index is 334. The van der Waals surface area contributed by atoms with Gasteiger partial charge in [-0.15, -0.1) is 0 Å². The molecule has 1 saturated carbocycles. The van der Waals surface area contributed by atoms with Crippen LogP contribution in [0.25, 0.3) is 0 Å². The second-order valence-corrected chi connectivity index (χ2v) is 6.74. The van der Waals surface area contributed by atoms with Crippen molar-refractivity contribution in [2.75, 3.05) is 19.7 Å². The number of hydrogen-bond acceptors (Lipinski definition) is 3. The molecule has 1 aliphatic carbocycles. The predicted octanol–water partition coefficient (Wildman–Crippen LogP) is 2.31. The molecule has 2 fully saturated rings. The maximum Gasteiger partial charge on any atom is 0.242 e. The summed E-state index contributed by atoms with van der Waals surface area (Å²) >= 11 is 0. The normalized spacial score (nSPS) is 35.0. The van der Waals surface area contributed by atoms with Crippen LogP contribution in [-0.2, 0) is 9.53 Å². The number of ether oxygens (including phenoxy) is 1. The van der Waals surface area contributed by atoms with Crippen LogP contribution in [0.5, 0.6) is 0 Å². The van der Waals surface area contributed by atoms with E-state index >= 15 is 0 Å². The topological polar surface area (TPSA) is 55.6 Å². The summed E-state index contributed by atoms with van der Waals surface area (Å²) in [6.45, 7) is 6.68. The number of carbonyl (C=O) groups is 1. The Morgan fingerprint density at radius 1 is 1.40 bits per heavy atom. The van der Waals surface area contributed by atoms with E-state index < -0.39 is 5.54 Å². The SMILES string of the molecule is CCCOC1CCCN(C(=O)C2(N)CCCC(C)C2)C1. The highest BCUT2D eigenvalue weighted by Gasteiger charge is 2.41. The van der Waals surface area contributed by atoms with Gasteiger partial charge in [-0.2, -0.15) is 0 Å². The summed E-state index contributed by atoms with van der Waals surface area (Å²) in [4.78, 5) is 14.7. The van der Waals surface area contributed by atoms with Gasteiger partial charge in [0.05, 0.1) is 11.6 Å². The number of carbonyl (C=O) groups excluding carboxylic acids is 1. The lowest BCUT2D eigenvalue weighted by Gasteiger charge is -2.41. The van der Waals surface area contributed by atoms with E-state index in [1.165, 1.54) is 6.42 Å². The Morgan fingerprint density at radius 3 is 2.90 bits per heavy atom. The number of amides is 1. The Hall–Kier alpha value is -0.610. The molecule has 0 aromatic heterocycles. The quantitative estimate of drug-likeness (QED) is 0.861. The first kappa shape index (κ1) is 15.8. The van der Waals surface area contributed by atoms with Crippen molar-refractivity contribution in [3.05, 3.63) is 0 Å². The minimum Gasteiger partial charge on any atom is -0.376 e. The zero-order valence-electron chi connectivity index (χ0n) is 13.1. The lowest BCUT2D eigenvalue weighted by molar-refractivity contribution is -0.143. The molecule has 0 spiro atoms. The highest BCUT2D eigenvalue weighted by Crippen LogP contribution is 2.32. The van der Waals surface area contributed by atoms with E-state index in [1.54, 1.807) is 0 Å². The first-order chi connectivity index (χ1) is 9.55. The van der Waals surface area contributed by atoms with Gasteiger partial charge in [0.15, 0.2) is 0 Å². The molecule has 1 heterocycles. The van der Waals surface area contributed by atoms with E-state index in [2.05, 4.69) is 13.8 Å².